The number of rotatable bonds is 8. The van der Waals surface area contributed by atoms with Gasteiger partial charge in [-0.25, -0.2) is 0 Å². The van der Waals surface area contributed by atoms with Crippen LogP contribution in [0.4, 0.5) is 0 Å². The van der Waals surface area contributed by atoms with Gasteiger partial charge in [0.1, 0.15) is 0 Å². The van der Waals surface area contributed by atoms with E-state index in [0.29, 0.717) is 12.8 Å². The topological polar surface area (TPSA) is 64.7 Å². The highest BCUT2D eigenvalue weighted by atomic mass is 16.2. The lowest BCUT2D eigenvalue weighted by Crippen LogP contribution is -2.40. The molecule has 2 rings (SSSR count). The van der Waals surface area contributed by atoms with Gasteiger partial charge in [-0.1, -0.05) is 12.8 Å². The van der Waals surface area contributed by atoms with Crippen LogP contribution in [0, 0.1) is 0 Å². The maximum atomic E-state index is 11.8. The second-order valence-electron chi connectivity index (χ2n) is 6.68. The smallest absolute Gasteiger partial charge is 0.222 e. The van der Waals surface area contributed by atoms with Gasteiger partial charge in [0.05, 0.1) is 6.67 Å². The number of likely N-dealkylation sites (tertiary alicyclic amines) is 2. The monoisotopic (exact) mass is 324 g/mol. The Kier molecular flexibility index (Phi) is 8.39. The molecule has 6 heteroatoms. The fourth-order valence-electron chi connectivity index (χ4n) is 3.30. The van der Waals surface area contributed by atoms with E-state index in [0.717, 1.165) is 39.3 Å². The van der Waals surface area contributed by atoms with E-state index in [1.807, 2.05) is 0 Å². The summed E-state index contributed by atoms with van der Waals surface area (Å²) >= 11 is 0. The van der Waals surface area contributed by atoms with E-state index in [-0.39, 0.29) is 18.5 Å². The number of carbonyl (C=O) groups is 2. The van der Waals surface area contributed by atoms with Gasteiger partial charge in [0.15, 0.2) is 0 Å². The van der Waals surface area contributed by atoms with Gasteiger partial charge in [0.25, 0.3) is 0 Å². The molecule has 0 aromatic carbocycles. The van der Waals surface area contributed by atoms with Crippen molar-refractivity contribution in [2.24, 2.45) is 0 Å². The van der Waals surface area contributed by atoms with Crippen molar-refractivity contribution in [1.29, 1.82) is 0 Å². The first-order valence-electron chi connectivity index (χ1n) is 9.22. The summed E-state index contributed by atoms with van der Waals surface area (Å²) < 4.78 is 0. The standard InChI is InChI=1S/C17H32N4O2/c22-16(7-13-20-9-3-1-4-10-20)18-15-19-17(23)8-14-21-11-5-2-6-12-21/h1-15H2,(H,18,22)(H,19,23). The molecule has 6 nitrogen and oxygen atoms in total. The maximum absolute atomic E-state index is 11.8. The lowest BCUT2D eigenvalue weighted by atomic mass is 10.1. The second-order valence-corrected chi connectivity index (χ2v) is 6.68. The number of nitrogens with one attached hydrogen (secondary N) is 2. The molecular formula is C17H32N4O2. The molecule has 0 unspecified atom stereocenters. The van der Waals surface area contributed by atoms with Crippen molar-refractivity contribution in [2.45, 2.75) is 51.4 Å². The Balaban J connectivity index is 1.46. The average molecular weight is 324 g/mol. The van der Waals surface area contributed by atoms with E-state index in [2.05, 4.69) is 20.4 Å². The Morgan fingerprint density at radius 1 is 0.652 bits per heavy atom. The van der Waals surface area contributed by atoms with Crippen molar-refractivity contribution >= 4 is 11.8 Å². The summed E-state index contributed by atoms with van der Waals surface area (Å²) in [6.45, 7) is 6.35. The van der Waals surface area contributed by atoms with Crippen LogP contribution in [0.3, 0.4) is 0 Å². The summed E-state index contributed by atoms with van der Waals surface area (Å²) in [6.07, 6.45) is 8.64. The van der Waals surface area contributed by atoms with Crippen molar-refractivity contribution in [3.05, 3.63) is 0 Å². The minimum Gasteiger partial charge on any atom is -0.339 e. The Morgan fingerprint density at radius 3 is 1.43 bits per heavy atom. The SMILES string of the molecule is O=C(CCN1CCCCC1)NCNC(=O)CCN1CCCCC1. The van der Waals surface area contributed by atoms with Crippen LogP contribution >= 0.6 is 0 Å². The van der Waals surface area contributed by atoms with Crippen molar-refractivity contribution < 1.29 is 9.59 Å². The van der Waals surface area contributed by atoms with Gasteiger partial charge < -0.3 is 20.4 Å². The highest BCUT2D eigenvalue weighted by molar-refractivity contribution is 5.78. The van der Waals surface area contributed by atoms with Gasteiger partial charge >= 0.3 is 0 Å². The second kappa shape index (κ2) is 10.6. The molecule has 0 spiro atoms. The normalized spacial score (nSPS) is 20.2. The molecule has 0 atom stereocenters. The number of nitrogens with zero attached hydrogens (tertiary/aromatic N) is 2. The zero-order valence-corrected chi connectivity index (χ0v) is 14.3. The molecule has 2 aliphatic rings. The Morgan fingerprint density at radius 2 is 1.04 bits per heavy atom. The maximum Gasteiger partial charge on any atom is 0.222 e. The van der Waals surface area contributed by atoms with Gasteiger partial charge in [-0.15, -0.1) is 0 Å². The van der Waals surface area contributed by atoms with Crippen molar-refractivity contribution in [3.63, 3.8) is 0 Å². The summed E-state index contributed by atoms with van der Waals surface area (Å²) in [5.74, 6) is 0.0406. The first kappa shape index (κ1) is 18.2. The number of piperidine rings is 2. The fraction of sp³-hybridized carbons (Fsp3) is 0.882. The van der Waals surface area contributed by atoms with Gasteiger partial charge in [-0.05, 0) is 51.9 Å². The summed E-state index contributed by atoms with van der Waals surface area (Å²) in [5, 5.41) is 5.56. The highest BCUT2D eigenvalue weighted by Crippen LogP contribution is 2.09. The van der Waals surface area contributed by atoms with Gasteiger partial charge in [0, 0.05) is 25.9 Å². The van der Waals surface area contributed by atoms with Crippen molar-refractivity contribution in [1.82, 2.24) is 20.4 Å². The Bertz CT molecular complexity index is 330. The third kappa shape index (κ3) is 7.79. The molecule has 2 heterocycles. The predicted octanol–water partition coefficient (Wildman–Crippen LogP) is 0.928. The molecule has 0 bridgehead atoms. The van der Waals surface area contributed by atoms with E-state index in [9.17, 15) is 9.59 Å². The number of carbonyl (C=O) groups excluding carboxylic acids is 2. The van der Waals surface area contributed by atoms with Crippen LogP contribution in [-0.2, 0) is 9.59 Å². The van der Waals surface area contributed by atoms with E-state index in [1.165, 1.54) is 38.5 Å². The molecule has 2 N–H and O–H groups in total. The quantitative estimate of drug-likeness (QED) is 0.652. The zero-order valence-electron chi connectivity index (χ0n) is 14.3. The molecule has 2 fully saturated rings. The summed E-state index contributed by atoms with van der Waals surface area (Å²) in [6, 6.07) is 0. The molecule has 0 aromatic rings. The van der Waals surface area contributed by atoms with E-state index in [1.54, 1.807) is 0 Å². The van der Waals surface area contributed by atoms with Crippen LogP contribution in [-0.4, -0.2) is 67.6 Å². The predicted molar refractivity (Wildman–Crippen MR) is 91.0 cm³/mol. The molecule has 0 radical (unpaired) electrons. The van der Waals surface area contributed by atoms with Crippen LogP contribution < -0.4 is 10.6 Å². The summed E-state index contributed by atoms with van der Waals surface area (Å²) in [4.78, 5) is 28.2. The molecule has 2 saturated heterocycles. The molecular weight excluding hydrogens is 292 g/mol. The molecule has 0 aromatic heterocycles. The number of hydrogen-bond acceptors (Lipinski definition) is 4. The van der Waals surface area contributed by atoms with Crippen LogP contribution in [0.25, 0.3) is 0 Å². The molecule has 0 aliphatic carbocycles. The van der Waals surface area contributed by atoms with Crippen molar-refractivity contribution in [2.75, 3.05) is 45.9 Å². The molecule has 0 saturated carbocycles. The first-order chi connectivity index (χ1) is 11.2. The summed E-state index contributed by atoms with van der Waals surface area (Å²) in [5.41, 5.74) is 0. The fourth-order valence-corrected chi connectivity index (χ4v) is 3.30. The van der Waals surface area contributed by atoms with Gasteiger partial charge in [0.2, 0.25) is 11.8 Å². The third-order valence-corrected chi connectivity index (χ3v) is 4.78. The minimum atomic E-state index is 0.0203. The van der Waals surface area contributed by atoms with Gasteiger partial charge in [-0.3, -0.25) is 9.59 Å². The number of amides is 2. The summed E-state index contributed by atoms with van der Waals surface area (Å²) in [7, 11) is 0. The van der Waals surface area contributed by atoms with Crippen molar-refractivity contribution in [3.8, 4) is 0 Å². The average Bonchev–Trinajstić information content (AvgIpc) is 2.60. The Hall–Kier alpha value is -1.14. The third-order valence-electron chi connectivity index (χ3n) is 4.78. The van der Waals surface area contributed by atoms with Crippen LogP contribution in [0.1, 0.15) is 51.4 Å². The highest BCUT2D eigenvalue weighted by Gasteiger charge is 2.13. The lowest BCUT2D eigenvalue weighted by molar-refractivity contribution is -0.123. The number of hydrogen-bond donors (Lipinski definition) is 2. The van der Waals surface area contributed by atoms with E-state index in [4.69, 9.17) is 0 Å². The first-order valence-corrected chi connectivity index (χ1v) is 9.22. The minimum absolute atomic E-state index is 0.0203. The van der Waals surface area contributed by atoms with E-state index < -0.39 is 0 Å². The molecule has 23 heavy (non-hydrogen) atoms. The molecule has 132 valence electrons. The Labute approximate surface area is 140 Å². The van der Waals surface area contributed by atoms with Crippen LogP contribution in [0.2, 0.25) is 0 Å². The van der Waals surface area contributed by atoms with E-state index >= 15 is 0 Å². The molecule has 2 amide bonds. The van der Waals surface area contributed by atoms with Crippen LogP contribution in [0.15, 0.2) is 0 Å². The molecule has 2 aliphatic heterocycles. The lowest BCUT2D eigenvalue weighted by Gasteiger charge is -2.26. The van der Waals surface area contributed by atoms with Crippen LogP contribution in [0.5, 0.6) is 0 Å². The zero-order chi connectivity index (χ0) is 16.3. The largest absolute Gasteiger partial charge is 0.339 e. The van der Waals surface area contributed by atoms with Gasteiger partial charge in [-0.2, -0.15) is 0 Å².